The second-order valence-electron chi connectivity index (χ2n) is 19.3. The summed E-state index contributed by atoms with van der Waals surface area (Å²) < 4.78 is 34.5. The van der Waals surface area contributed by atoms with Crippen LogP contribution >= 0.6 is 7.82 Å². The zero-order valence-corrected chi connectivity index (χ0v) is 43.4. The molecule has 64 heavy (non-hydrogen) atoms. The number of carbonyl (C=O) groups is 2. The second kappa shape index (κ2) is 46.3. The molecule has 10 heteroatoms. The summed E-state index contributed by atoms with van der Waals surface area (Å²) in [7, 11) is 1.48. The number of esters is 2. The minimum atomic E-state index is -4.38. The first-order valence-corrected chi connectivity index (χ1v) is 28.2. The summed E-state index contributed by atoms with van der Waals surface area (Å²) in [6.07, 6.45) is 54.8. The third-order valence-electron chi connectivity index (χ3n) is 11.6. The predicted molar refractivity (Wildman–Crippen MR) is 270 cm³/mol. The molecule has 0 fully saturated rings. The van der Waals surface area contributed by atoms with Gasteiger partial charge in [0.25, 0.3) is 0 Å². The summed E-state index contributed by atoms with van der Waals surface area (Å²) >= 11 is 0. The number of phosphoric ester groups is 1. The first kappa shape index (κ1) is 62.2. The van der Waals surface area contributed by atoms with E-state index in [1.54, 1.807) is 0 Å². The summed E-state index contributed by atoms with van der Waals surface area (Å²) in [5.41, 5.74) is 0. The molecule has 0 aliphatic carbocycles. The standard InChI is InChI=1S/C54H102NO8P/c1-6-8-10-12-14-16-18-20-22-24-26-27-29-30-32-34-36-38-40-42-44-46-53(56)60-50-52(51-62-64(58,59)61-49-48-55(3,4)5)63-54(57)47-45-43-41-39-37-35-33-31-28-25-23-21-19-17-15-13-11-9-7-2/h15,17,20-23,52H,6-14,16,18-19,24-51H2,1-5H3/p+1/b17-15-,22-20-,23-21-/t52-/m1/s1. The summed E-state index contributed by atoms with van der Waals surface area (Å²) in [6.45, 7) is 4.42. The highest BCUT2D eigenvalue weighted by molar-refractivity contribution is 7.47. The average Bonchev–Trinajstić information content (AvgIpc) is 3.25. The molecule has 0 aromatic carbocycles. The van der Waals surface area contributed by atoms with E-state index < -0.39 is 26.5 Å². The molecule has 1 unspecified atom stereocenters. The SMILES string of the molecule is CCCCC/C=C\C/C=C\CCCCCCCCCCCC(=O)O[C@H](COC(=O)CCCCCCCCCCCCC/C=C\CCCCCCCC)COP(=O)(O)OCC[N+](C)(C)C. The van der Waals surface area contributed by atoms with Crippen LogP contribution in [0.4, 0.5) is 0 Å². The van der Waals surface area contributed by atoms with Gasteiger partial charge in [0.15, 0.2) is 6.10 Å². The molecule has 0 aliphatic heterocycles. The van der Waals surface area contributed by atoms with Gasteiger partial charge in [-0.2, -0.15) is 0 Å². The van der Waals surface area contributed by atoms with Crippen LogP contribution in [0.1, 0.15) is 245 Å². The third kappa shape index (κ3) is 49.7. The Labute approximate surface area is 395 Å². The highest BCUT2D eigenvalue weighted by Crippen LogP contribution is 2.43. The van der Waals surface area contributed by atoms with Crippen LogP contribution < -0.4 is 0 Å². The molecule has 0 radical (unpaired) electrons. The quantitative estimate of drug-likeness (QED) is 0.0211. The van der Waals surface area contributed by atoms with Gasteiger partial charge in [0.05, 0.1) is 27.7 Å². The molecule has 1 N–H and O–H groups in total. The second-order valence-corrected chi connectivity index (χ2v) is 20.7. The lowest BCUT2D eigenvalue weighted by molar-refractivity contribution is -0.870. The van der Waals surface area contributed by atoms with Crippen molar-refractivity contribution in [2.45, 2.75) is 251 Å². The molecule has 0 saturated carbocycles. The van der Waals surface area contributed by atoms with Crippen molar-refractivity contribution in [3.63, 3.8) is 0 Å². The van der Waals surface area contributed by atoms with Crippen molar-refractivity contribution in [1.29, 1.82) is 0 Å². The Hall–Kier alpha value is -1.77. The van der Waals surface area contributed by atoms with Crippen LogP contribution in [0, 0.1) is 0 Å². The molecule has 0 bridgehead atoms. The fourth-order valence-corrected chi connectivity index (χ4v) is 8.19. The fourth-order valence-electron chi connectivity index (χ4n) is 7.45. The van der Waals surface area contributed by atoms with Gasteiger partial charge in [-0.3, -0.25) is 18.6 Å². The van der Waals surface area contributed by atoms with Gasteiger partial charge in [0.2, 0.25) is 0 Å². The number of hydrogen-bond donors (Lipinski definition) is 1. The summed E-state index contributed by atoms with van der Waals surface area (Å²) in [5.74, 6) is -0.795. The van der Waals surface area contributed by atoms with Crippen molar-refractivity contribution in [3.05, 3.63) is 36.5 Å². The van der Waals surface area contributed by atoms with E-state index >= 15 is 0 Å². The molecule has 0 spiro atoms. The average molecular weight is 925 g/mol. The maximum atomic E-state index is 12.8. The largest absolute Gasteiger partial charge is 0.472 e. The van der Waals surface area contributed by atoms with Crippen molar-refractivity contribution in [2.24, 2.45) is 0 Å². The molecule has 0 rings (SSSR count). The zero-order valence-electron chi connectivity index (χ0n) is 42.5. The molecular formula is C54H103NO8P+. The molecule has 0 amide bonds. The Morgan fingerprint density at radius 3 is 1.28 bits per heavy atom. The van der Waals surface area contributed by atoms with Crippen LogP contribution in [-0.4, -0.2) is 74.9 Å². The Morgan fingerprint density at radius 1 is 0.484 bits per heavy atom. The van der Waals surface area contributed by atoms with E-state index in [1.807, 2.05) is 21.1 Å². The van der Waals surface area contributed by atoms with Gasteiger partial charge in [-0.15, -0.1) is 0 Å². The van der Waals surface area contributed by atoms with Crippen LogP contribution in [0.2, 0.25) is 0 Å². The third-order valence-corrected chi connectivity index (χ3v) is 12.6. The normalized spacial score (nSPS) is 13.7. The van der Waals surface area contributed by atoms with E-state index in [4.69, 9.17) is 18.5 Å². The molecule has 0 saturated heterocycles. The summed E-state index contributed by atoms with van der Waals surface area (Å²) in [6, 6.07) is 0. The van der Waals surface area contributed by atoms with Crippen LogP contribution in [-0.2, 0) is 32.7 Å². The first-order chi connectivity index (χ1) is 31.0. The number of ether oxygens (including phenoxy) is 2. The van der Waals surface area contributed by atoms with Crippen LogP contribution in [0.15, 0.2) is 36.5 Å². The van der Waals surface area contributed by atoms with E-state index in [1.165, 1.54) is 161 Å². The molecule has 2 atom stereocenters. The van der Waals surface area contributed by atoms with Gasteiger partial charge < -0.3 is 18.9 Å². The monoisotopic (exact) mass is 925 g/mol. The number of phosphoric acid groups is 1. The minimum Gasteiger partial charge on any atom is -0.462 e. The van der Waals surface area contributed by atoms with Crippen LogP contribution in [0.3, 0.4) is 0 Å². The van der Waals surface area contributed by atoms with E-state index in [9.17, 15) is 19.0 Å². The summed E-state index contributed by atoms with van der Waals surface area (Å²) in [5, 5.41) is 0. The van der Waals surface area contributed by atoms with Crippen molar-refractivity contribution in [1.82, 2.24) is 0 Å². The molecule has 376 valence electrons. The Kier molecular flexibility index (Phi) is 45.1. The Bertz CT molecular complexity index is 1180. The van der Waals surface area contributed by atoms with Crippen molar-refractivity contribution in [2.75, 3.05) is 47.5 Å². The lowest BCUT2D eigenvalue weighted by Gasteiger charge is -2.24. The number of carbonyl (C=O) groups excluding carboxylic acids is 2. The highest BCUT2D eigenvalue weighted by atomic mass is 31.2. The molecule has 0 aromatic heterocycles. The Morgan fingerprint density at radius 2 is 0.844 bits per heavy atom. The maximum Gasteiger partial charge on any atom is 0.472 e. The maximum absolute atomic E-state index is 12.8. The lowest BCUT2D eigenvalue weighted by atomic mass is 10.0. The zero-order chi connectivity index (χ0) is 47.1. The van der Waals surface area contributed by atoms with Gasteiger partial charge in [0, 0.05) is 12.8 Å². The number of unbranched alkanes of at least 4 members (excludes halogenated alkanes) is 29. The first-order valence-electron chi connectivity index (χ1n) is 26.7. The number of likely N-dealkylation sites (N-methyl/N-ethyl adjacent to an activating group) is 1. The molecule has 0 aliphatic rings. The van der Waals surface area contributed by atoms with Crippen molar-refractivity contribution >= 4 is 19.8 Å². The Balaban J connectivity index is 4.21. The molecule has 9 nitrogen and oxygen atoms in total. The van der Waals surface area contributed by atoms with Crippen molar-refractivity contribution < 1.29 is 42.1 Å². The van der Waals surface area contributed by atoms with Gasteiger partial charge >= 0.3 is 19.8 Å². The smallest absolute Gasteiger partial charge is 0.462 e. The number of hydrogen-bond acceptors (Lipinski definition) is 7. The van der Waals surface area contributed by atoms with Gasteiger partial charge in [-0.25, -0.2) is 4.57 Å². The van der Waals surface area contributed by atoms with Crippen LogP contribution in [0.25, 0.3) is 0 Å². The molecule has 0 heterocycles. The van der Waals surface area contributed by atoms with E-state index in [2.05, 4.69) is 50.3 Å². The fraction of sp³-hybridized carbons (Fsp3) is 0.852. The molecular weight excluding hydrogens is 822 g/mol. The van der Waals surface area contributed by atoms with Gasteiger partial charge in [-0.05, 0) is 70.6 Å². The van der Waals surface area contributed by atoms with E-state index in [-0.39, 0.29) is 32.0 Å². The van der Waals surface area contributed by atoms with Crippen LogP contribution in [0.5, 0.6) is 0 Å². The summed E-state index contributed by atoms with van der Waals surface area (Å²) in [4.78, 5) is 35.6. The topological polar surface area (TPSA) is 108 Å². The lowest BCUT2D eigenvalue weighted by Crippen LogP contribution is -2.37. The number of allylic oxidation sites excluding steroid dienone is 6. The van der Waals surface area contributed by atoms with E-state index in [0.29, 0.717) is 17.4 Å². The number of nitrogens with zero attached hydrogens (tertiary/aromatic N) is 1. The van der Waals surface area contributed by atoms with Crippen molar-refractivity contribution in [3.8, 4) is 0 Å². The molecule has 0 aromatic rings. The number of rotatable bonds is 49. The number of quaternary nitrogens is 1. The predicted octanol–water partition coefficient (Wildman–Crippen LogP) is 16.0. The van der Waals surface area contributed by atoms with Gasteiger partial charge in [0.1, 0.15) is 19.8 Å². The van der Waals surface area contributed by atoms with E-state index in [0.717, 1.165) is 51.4 Å². The van der Waals surface area contributed by atoms with Gasteiger partial charge in [-0.1, -0.05) is 198 Å². The minimum absolute atomic E-state index is 0.0313. The highest BCUT2D eigenvalue weighted by Gasteiger charge is 2.27.